The fourth-order valence-corrected chi connectivity index (χ4v) is 1.64. The van der Waals surface area contributed by atoms with Crippen LogP contribution in [0.1, 0.15) is 6.92 Å². The number of methoxy groups -OCH3 is 2. The molecule has 2 aromatic rings. The summed E-state index contributed by atoms with van der Waals surface area (Å²) < 4.78 is 12.5. The topological polar surface area (TPSA) is 39.2 Å². The molecule has 0 bridgehead atoms. The minimum absolute atomic E-state index is 0.852. The molecule has 1 heterocycles. The van der Waals surface area contributed by atoms with Crippen LogP contribution < -0.4 is 9.47 Å². The molecule has 1 aromatic carbocycles. The van der Waals surface area contributed by atoms with E-state index in [9.17, 15) is 0 Å². The SMILES string of the molecule is CCn1[nH]c2c(OC)ccc(OC)c21. The molecule has 4 nitrogen and oxygen atoms in total. The summed E-state index contributed by atoms with van der Waals surface area (Å²) in [6, 6.07) is 3.82. The molecular formula is C10H14N2O2. The normalized spacial score (nSPS) is 10.8. The van der Waals surface area contributed by atoms with Gasteiger partial charge < -0.3 is 9.47 Å². The van der Waals surface area contributed by atoms with E-state index in [0.29, 0.717) is 0 Å². The van der Waals surface area contributed by atoms with Gasteiger partial charge in [0, 0.05) is 6.54 Å². The fraction of sp³-hybridized carbons (Fsp3) is 0.400. The largest absolute Gasteiger partial charge is 0.494 e. The summed E-state index contributed by atoms with van der Waals surface area (Å²) in [5.41, 5.74) is 2.09. The summed E-state index contributed by atoms with van der Waals surface area (Å²) >= 11 is 0. The maximum absolute atomic E-state index is 5.27. The first-order valence-electron chi connectivity index (χ1n) is 4.61. The number of hydrogen-bond donors (Lipinski definition) is 1. The van der Waals surface area contributed by atoms with E-state index in [0.717, 1.165) is 29.1 Å². The van der Waals surface area contributed by atoms with Crippen molar-refractivity contribution in [2.24, 2.45) is 0 Å². The molecule has 0 aliphatic rings. The lowest BCUT2D eigenvalue weighted by Crippen LogP contribution is -2.11. The van der Waals surface area contributed by atoms with E-state index in [-0.39, 0.29) is 0 Å². The quantitative estimate of drug-likeness (QED) is 0.811. The number of nitrogens with zero attached hydrogens (tertiary/aromatic N) is 1. The molecular weight excluding hydrogens is 180 g/mol. The van der Waals surface area contributed by atoms with Gasteiger partial charge in [0.05, 0.1) is 14.2 Å². The van der Waals surface area contributed by atoms with E-state index >= 15 is 0 Å². The van der Waals surface area contributed by atoms with Gasteiger partial charge in [0.1, 0.15) is 22.5 Å². The van der Waals surface area contributed by atoms with Crippen LogP contribution in [0.4, 0.5) is 0 Å². The number of aromatic amines is 1. The van der Waals surface area contributed by atoms with Gasteiger partial charge in [-0.2, -0.15) is 0 Å². The molecule has 4 heteroatoms. The van der Waals surface area contributed by atoms with Crippen LogP contribution in [0.15, 0.2) is 12.1 Å². The number of rotatable bonds is 3. The van der Waals surface area contributed by atoms with Crippen LogP contribution in [-0.2, 0) is 6.54 Å². The number of fused-ring (bicyclic) bond motifs is 1. The van der Waals surface area contributed by atoms with Crippen molar-refractivity contribution in [2.45, 2.75) is 13.5 Å². The number of nitrogens with one attached hydrogen (secondary N) is 1. The average Bonchev–Trinajstić information content (AvgIpc) is 2.19. The molecule has 0 fully saturated rings. The van der Waals surface area contributed by atoms with Crippen molar-refractivity contribution in [3.63, 3.8) is 0 Å². The van der Waals surface area contributed by atoms with Crippen LogP contribution in [0, 0.1) is 0 Å². The number of hydrogen-bond acceptors (Lipinski definition) is 2. The van der Waals surface area contributed by atoms with Crippen molar-refractivity contribution in [3.05, 3.63) is 12.1 Å². The van der Waals surface area contributed by atoms with Gasteiger partial charge in [-0.3, -0.25) is 9.78 Å². The van der Waals surface area contributed by atoms with Gasteiger partial charge in [-0.1, -0.05) is 0 Å². The second-order valence-electron chi connectivity index (χ2n) is 3.05. The molecule has 0 saturated heterocycles. The minimum Gasteiger partial charge on any atom is -0.494 e. The molecule has 0 aliphatic carbocycles. The van der Waals surface area contributed by atoms with Crippen molar-refractivity contribution in [3.8, 4) is 11.5 Å². The summed E-state index contributed by atoms with van der Waals surface area (Å²) in [5, 5.41) is 3.20. The van der Waals surface area contributed by atoms with E-state index in [1.54, 1.807) is 14.2 Å². The second kappa shape index (κ2) is 3.29. The summed E-state index contributed by atoms with van der Waals surface area (Å²) in [5.74, 6) is 1.73. The van der Waals surface area contributed by atoms with Crippen LogP contribution in [0.3, 0.4) is 0 Å². The Balaban J connectivity index is 2.62. The molecule has 0 amide bonds. The number of benzene rings is 1. The zero-order chi connectivity index (χ0) is 10.1. The van der Waals surface area contributed by atoms with E-state index < -0.39 is 0 Å². The lowest BCUT2D eigenvalue weighted by Gasteiger charge is -2.19. The molecule has 0 aliphatic heterocycles. The van der Waals surface area contributed by atoms with Crippen molar-refractivity contribution in [2.75, 3.05) is 14.2 Å². The highest BCUT2D eigenvalue weighted by atomic mass is 16.5. The Kier molecular flexibility index (Phi) is 2.11. The smallest absolute Gasteiger partial charge is 0.146 e. The van der Waals surface area contributed by atoms with Crippen LogP contribution in [0.5, 0.6) is 11.5 Å². The highest BCUT2D eigenvalue weighted by molar-refractivity contribution is 5.89. The summed E-state index contributed by atoms with van der Waals surface area (Å²) in [6.07, 6.45) is 0. The lowest BCUT2D eigenvalue weighted by atomic mass is 10.2. The van der Waals surface area contributed by atoms with Gasteiger partial charge in [0.25, 0.3) is 0 Å². The zero-order valence-electron chi connectivity index (χ0n) is 8.63. The standard InChI is InChI=1S/C10H14N2O2/c1-4-12-10-8(14-3)6-5-7(13-2)9(10)11-12/h5-6,11H,4H2,1-3H3. The Morgan fingerprint density at radius 3 is 2.43 bits per heavy atom. The van der Waals surface area contributed by atoms with Gasteiger partial charge in [0.2, 0.25) is 0 Å². The van der Waals surface area contributed by atoms with Crippen LogP contribution in [-0.4, -0.2) is 24.0 Å². The number of aromatic nitrogens is 2. The Bertz CT molecular complexity index is 442. The predicted molar refractivity (Wildman–Crippen MR) is 55.1 cm³/mol. The first-order chi connectivity index (χ1) is 6.81. The maximum atomic E-state index is 5.27. The second-order valence-corrected chi connectivity index (χ2v) is 3.05. The summed E-state index contributed by atoms with van der Waals surface area (Å²) in [7, 11) is 3.34. The van der Waals surface area contributed by atoms with Crippen molar-refractivity contribution in [1.29, 1.82) is 0 Å². The van der Waals surface area contributed by atoms with Gasteiger partial charge in [-0.05, 0) is 19.1 Å². The van der Waals surface area contributed by atoms with E-state index in [1.165, 1.54) is 0 Å². The maximum Gasteiger partial charge on any atom is 0.146 e. The highest BCUT2D eigenvalue weighted by Gasteiger charge is 2.14. The van der Waals surface area contributed by atoms with Crippen molar-refractivity contribution >= 4 is 11.0 Å². The monoisotopic (exact) mass is 194 g/mol. The molecule has 0 saturated carbocycles. The van der Waals surface area contributed by atoms with Crippen molar-refractivity contribution in [1.82, 2.24) is 9.78 Å². The van der Waals surface area contributed by atoms with E-state index in [4.69, 9.17) is 9.47 Å². The molecule has 0 unspecified atom stereocenters. The number of ether oxygens (including phenoxy) is 2. The van der Waals surface area contributed by atoms with Gasteiger partial charge in [0.15, 0.2) is 0 Å². The van der Waals surface area contributed by atoms with E-state index in [1.807, 2.05) is 16.8 Å². The molecule has 0 spiro atoms. The minimum atomic E-state index is 0.852. The lowest BCUT2D eigenvalue weighted by molar-refractivity contribution is 0.402. The molecule has 1 N–H and O–H groups in total. The van der Waals surface area contributed by atoms with Crippen LogP contribution in [0.25, 0.3) is 11.0 Å². The third-order valence-corrected chi connectivity index (χ3v) is 2.38. The molecule has 0 atom stereocenters. The first kappa shape index (κ1) is 8.99. The Hall–Kier alpha value is -1.58. The fourth-order valence-electron chi connectivity index (χ4n) is 1.64. The molecule has 14 heavy (non-hydrogen) atoms. The number of H-pyrrole nitrogens is 1. The molecule has 2 rings (SSSR count). The molecule has 0 radical (unpaired) electrons. The first-order valence-corrected chi connectivity index (χ1v) is 4.61. The van der Waals surface area contributed by atoms with Gasteiger partial charge in [-0.25, -0.2) is 0 Å². The van der Waals surface area contributed by atoms with E-state index in [2.05, 4.69) is 12.0 Å². The molecule has 76 valence electrons. The third kappa shape index (κ3) is 1.07. The van der Waals surface area contributed by atoms with Gasteiger partial charge in [-0.15, -0.1) is 0 Å². The Morgan fingerprint density at radius 2 is 1.86 bits per heavy atom. The Morgan fingerprint density at radius 1 is 1.21 bits per heavy atom. The summed E-state index contributed by atoms with van der Waals surface area (Å²) in [6.45, 7) is 2.98. The Labute approximate surface area is 82.4 Å². The number of aryl methyl sites for hydroxylation is 1. The third-order valence-electron chi connectivity index (χ3n) is 2.38. The van der Waals surface area contributed by atoms with Crippen LogP contribution in [0.2, 0.25) is 0 Å². The predicted octanol–water partition coefficient (Wildman–Crippen LogP) is 2.01. The molecule has 1 aromatic heterocycles. The van der Waals surface area contributed by atoms with Crippen LogP contribution >= 0.6 is 0 Å². The zero-order valence-corrected chi connectivity index (χ0v) is 8.63. The van der Waals surface area contributed by atoms with Crippen molar-refractivity contribution < 1.29 is 9.47 Å². The average molecular weight is 194 g/mol. The summed E-state index contributed by atoms with van der Waals surface area (Å²) in [4.78, 5) is 0. The highest BCUT2D eigenvalue weighted by Crippen LogP contribution is 2.33. The van der Waals surface area contributed by atoms with Gasteiger partial charge >= 0.3 is 0 Å².